The van der Waals surface area contributed by atoms with E-state index in [1.165, 1.54) is 37.1 Å². The minimum atomic E-state index is -0.0379. The third-order valence-corrected chi connectivity index (χ3v) is 5.56. The summed E-state index contributed by atoms with van der Waals surface area (Å²) in [4.78, 5) is 12.2. The van der Waals surface area contributed by atoms with Crippen LogP contribution in [-0.4, -0.2) is 41.5 Å². The lowest BCUT2D eigenvalue weighted by Crippen LogP contribution is -2.40. The third kappa shape index (κ3) is 3.92. The molecule has 6 nitrogen and oxygen atoms in total. The summed E-state index contributed by atoms with van der Waals surface area (Å²) in [5, 5.41) is 11.1. The zero-order valence-electron chi connectivity index (χ0n) is 15.5. The van der Waals surface area contributed by atoms with Gasteiger partial charge < -0.3 is 15.4 Å². The fourth-order valence-electron chi connectivity index (χ4n) is 3.73. The number of aromatic nitrogens is 2. The maximum absolute atomic E-state index is 12.2. The SMILES string of the molecule is O=C(CC1CNCCO1)Nc1ccc(-n2nc(C3CC3)cc2C2CC2)cc1. The van der Waals surface area contributed by atoms with Crippen molar-refractivity contribution < 1.29 is 9.53 Å². The number of carbonyl (C=O) groups is 1. The van der Waals surface area contributed by atoms with Crippen LogP contribution in [0.3, 0.4) is 0 Å². The number of hydrogen-bond acceptors (Lipinski definition) is 4. The number of rotatable bonds is 6. The summed E-state index contributed by atoms with van der Waals surface area (Å²) in [6.45, 7) is 2.26. The predicted octanol–water partition coefficient (Wildman–Crippen LogP) is 2.94. The first-order valence-corrected chi connectivity index (χ1v) is 10.1. The van der Waals surface area contributed by atoms with Crippen LogP contribution >= 0.6 is 0 Å². The lowest BCUT2D eigenvalue weighted by molar-refractivity contribution is -0.119. The van der Waals surface area contributed by atoms with E-state index in [2.05, 4.69) is 21.4 Å². The number of ether oxygens (including phenoxy) is 1. The Labute approximate surface area is 159 Å². The Kier molecular flexibility index (Phi) is 4.45. The van der Waals surface area contributed by atoms with Crippen LogP contribution in [0.25, 0.3) is 5.69 Å². The number of anilines is 1. The predicted molar refractivity (Wildman–Crippen MR) is 103 cm³/mol. The molecule has 1 saturated heterocycles. The van der Waals surface area contributed by atoms with Crippen LogP contribution in [0, 0.1) is 0 Å². The lowest BCUT2D eigenvalue weighted by Gasteiger charge is -2.23. The molecule has 2 N–H and O–H groups in total. The van der Waals surface area contributed by atoms with Crippen LogP contribution in [-0.2, 0) is 9.53 Å². The van der Waals surface area contributed by atoms with E-state index < -0.39 is 0 Å². The zero-order valence-corrected chi connectivity index (χ0v) is 15.5. The van der Waals surface area contributed by atoms with Gasteiger partial charge in [-0.05, 0) is 56.0 Å². The molecule has 3 fully saturated rings. The molecule has 5 rings (SSSR count). The normalized spacial score (nSPS) is 22.6. The van der Waals surface area contributed by atoms with Gasteiger partial charge in [0.1, 0.15) is 0 Å². The molecule has 6 heteroatoms. The Hall–Kier alpha value is -2.18. The van der Waals surface area contributed by atoms with Crippen LogP contribution < -0.4 is 10.6 Å². The first kappa shape index (κ1) is 17.0. The summed E-state index contributed by atoms with van der Waals surface area (Å²) in [5.74, 6) is 1.32. The molecule has 27 heavy (non-hydrogen) atoms. The van der Waals surface area contributed by atoms with E-state index in [0.717, 1.165) is 24.5 Å². The third-order valence-electron chi connectivity index (χ3n) is 5.56. The van der Waals surface area contributed by atoms with Crippen molar-refractivity contribution in [2.45, 2.75) is 50.0 Å². The van der Waals surface area contributed by atoms with E-state index in [1.54, 1.807) is 0 Å². The Morgan fingerprint density at radius 1 is 1.19 bits per heavy atom. The van der Waals surface area contributed by atoms with Crippen LogP contribution in [0.15, 0.2) is 30.3 Å². The maximum Gasteiger partial charge on any atom is 0.227 e. The Balaban J connectivity index is 1.27. The van der Waals surface area contributed by atoms with Gasteiger partial charge >= 0.3 is 0 Å². The summed E-state index contributed by atoms with van der Waals surface area (Å²) in [6.07, 6.45) is 5.41. The van der Waals surface area contributed by atoms with E-state index >= 15 is 0 Å². The molecule has 0 radical (unpaired) electrons. The van der Waals surface area contributed by atoms with Crippen LogP contribution in [0.4, 0.5) is 5.69 Å². The van der Waals surface area contributed by atoms with E-state index in [9.17, 15) is 4.79 Å². The van der Waals surface area contributed by atoms with E-state index in [-0.39, 0.29) is 12.0 Å². The number of amides is 1. The molecule has 2 aromatic rings. The molecule has 1 unspecified atom stereocenters. The first-order chi connectivity index (χ1) is 13.3. The summed E-state index contributed by atoms with van der Waals surface area (Å²) < 4.78 is 7.71. The molecule has 1 aromatic carbocycles. The minimum absolute atomic E-state index is 0.00905. The highest BCUT2D eigenvalue weighted by Crippen LogP contribution is 2.45. The van der Waals surface area contributed by atoms with Crippen molar-refractivity contribution in [1.82, 2.24) is 15.1 Å². The van der Waals surface area contributed by atoms with Gasteiger partial charge in [0.25, 0.3) is 0 Å². The molecule has 1 atom stereocenters. The highest BCUT2D eigenvalue weighted by molar-refractivity contribution is 5.91. The summed E-state index contributed by atoms with van der Waals surface area (Å²) in [6, 6.07) is 10.3. The summed E-state index contributed by atoms with van der Waals surface area (Å²) in [5.41, 5.74) is 4.47. The van der Waals surface area contributed by atoms with Gasteiger partial charge in [-0.1, -0.05) is 0 Å². The number of carbonyl (C=O) groups excluding carboxylic acids is 1. The van der Waals surface area contributed by atoms with Gasteiger partial charge in [0.15, 0.2) is 0 Å². The van der Waals surface area contributed by atoms with Crippen molar-refractivity contribution in [2.75, 3.05) is 25.0 Å². The molecule has 2 aliphatic carbocycles. The van der Waals surface area contributed by atoms with Crippen molar-refractivity contribution in [3.8, 4) is 5.69 Å². The number of morpholine rings is 1. The van der Waals surface area contributed by atoms with Crippen LogP contribution in [0.2, 0.25) is 0 Å². The minimum Gasteiger partial charge on any atom is -0.375 e. The number of nitrogens with zero attached hydrogens (tertiary/aromatic N) is 2. The molecular formula is C21H26N4O2. The molecule has 142 valence electrons. The van der Waals surface area contributed by atoms with Gasteiger partial charge in [-0.15, -0.1) is 0 Å². The molecule has 1 aromatic heterocycles. The Morgan fingerprint density at radius 3 is 2.63 bits per heavy atom. The Morgan fingerprint density at radius 2 is 1.96 bits per heavy atom. The van der Waals surface area contributed by atoms with Gasteiger partial charge in [0, 0.05) is 36.3 Å². The Bertz CT molecular complexity index is 815. The zero-order chi connectivity index (χ0) is 18.2. The summed E-state index contributed by atoms with van der Waals surface area (Å²) in [7, 11) is 0. The second-order valence-corrected chi connectivity index (χ2v) is 7.95. The van der Waals surface area contributed by atoms with Crippen LogP contribution in [0.1, 0.15) is 55.3 Å². The number of hydrogen-bond donors (Lipinski definition) is 2. The molecule has 1 amide bonds. The second kappa shape index (κ2) is 7.09. The van der Waals surface area contributed by atoms with Crippen LogP contribution in [0.5, 0.6) is 0 Å². The van der Waals surface area contributed by atoms with Gasteiger partial charge in [-0.3, -0.25) is 4.79 Å². The van der Waals surface area contributed by atoms with Gasteiger partial charge in [0.2, 0.25) is 5.91 Å². The number of nitrogens with one attached hydrogen (secondary N) is 2. The van der Waals surface area contributed by atoms with Crippen molar-refractivity contribution >= 4 is 11.6 Å². The summed E-state index contributed by atoms with van der Waals surface area (Å²) >= 11 is 0. The molecule has 1 aliphatic heterocycles. The number of benzene rings is 1. The fourth-order valence-corrected chi connectivity index (χ4v) is 3.73. The average Bonchev–Trinajstić information content (AvgIpc) is 3.62. The fraction of sp³-hybridized carbons (Fsp3) is 0.524. The topological polar surface area (TPSA) is 68.2 Å². The molecule has 2 heterocycles. The first-order valence-electron chi connectivity index (χ1n) is 10.1. The highest BCUT2D eigenvalue weighted by Gasteiger charge is 2.32. The van der Waals surface area contributed by atoms with Crippen molar-refractivity contribution in [3.63, 3.8) is 0 Å². The van der Waals surface area contributed by atoms with Gasteiger partial charge in [0.05, 0.1) is 30.5 Å². The molecule has 2 saturated carbocycles. The van der Waals surface area contributed by atoms with Crippen molar-refractivity contribution in [3.05, 3.63) is 41.7 Å². The quantitative estimate of drug-likeness (QED) is 0.825. The monoisotopic (exact) mass is 366 g/mol. The highest BCUT2D eigenvalue weighted by atomic mass is 16.5. The molecular weight excluding hydrogens is 340 g/mol. The van der Waals surface area contributed by atoms with Gasteiger partial charge in [-0.25, -0.2) is 4.68 Å². The van der Waals surface area contributed by atoms with Gasteiger partial charge in [-0.2, -0.15) is 5.10 Å². The van der Waals surface area contributed by atoms with E-state index in [0.29, 0.717) is 24.9 Å². The van der Waals surface area contributed by atoms with E-state index in [4.69, 9.17) is 9.84 Å². The van der Waals surface area contributed by atoms with Crippen molar-refractivity contribution in [2.24, 2.45) is 0 Å². The van der Waals surface area contributed by atoms with E-state index in [1.807, 2.05) is 24.3 Å². The molecule has 3 aliphatic rings. The lowest BCUT2D eigenvalue weighted by atomic mass is 10.2. The maximum atomic E-state index is 12.2. The molecule has 0 spiro atoms. The second-order valence-electron chi connectivity index (χ2n) is 7.95. The average molecular weight is 366 g/mol. The molecule has 0 bridgehead atoms. The standard InChI is InChI=1S/C21H26N4O2/c26-21(11-18-13-22-9-10-27-18)23-16-5-7-17(8-6-16)25-20(15-3-4-15)12-19(24-25)14-1-2-14/h5-8,12,14-15,18,22H,1-4,9-11,13H2,(H,23,26). The van der Waals surface area contributed by atoms with Crippen molar-refractivity contribution in [1.29, 1.82) is 0 Å². The smallest absolute Gasteiger partial charge is 0.227 e. The largest absolute Gasteiger partial charge is 0.375 e.